The normalized spacial score (nSPS) is 11.3. The molecule has 0 aromatic heterocycles. The van der Waals surface area contributed by atoms with E-state index >= 15 is 0 Å². The molecule has 0 fully saturated rings. The van der Waals surface area contributed by atoms with Crippen molar-refractivity contribution >= 4 is 11.9 Å². The third kappa shape index (κ3) is 9.01. The number of rotatable bonds is 13. The van der Waals surface area contributed by atoms with E-state index in [-0.39, 0.29) is 0 Å². The number of hydrogen-bond acceptors (Lipinski definition) is 2. The Labute approximate surface area is 165 Å². The lowest BCUT2D eigenvalue weighted by Crippen LogP contribution is -1.97. The predicted molar refractivity (Wildman–Crippen MR) is 117 cm³/mol. The summed E-state index contributed by atoms with van der Waals surface area (Å²) in [5, 5.41) is 0. The molecule has 0 unspecified atom stereocenters. The first-order valence-corrected chi connectivity index (χ1v) is 10.6. The summed E-state index contributed by atoms with van der Waals surface area (Å²) in [5.41, 5.74) is 4.95. The monoisotopic (exact) mass is 365 g/mol. The van der Waals surface area contributed by atoms with E-state index in [9.17, 15) is 0 Å². The second-order valence-corrected chi connectivity index (χ2v) is 7.19. The van der Waals surface area contributed by atoms with Gasteiger partial charge >= 0.3 is 0 Å². The van der Waals surface area contributed by atoms with E-state index in [1.807, 2.05) is 6.21 Å². The van der Waals surface area contributed by atoms with Crippen molar-refractivity contribution in [1.82, 2.24) is 0 Å². The molecule has 0 aliphatic heterocycles. The molecule has 2 rings (SSSR count). The fraction of sp³-hybridized carbons (Fsp3) is 0.480. The molecule has 2 aromatic carbocycles. The van der Waals surface area contributed by atoms with Gasteiger partial charge in [0.05, 0.1) is 5.69 Å². The summed E-state index contributed by atoms with van der Waals surface area (Å²) < 4.78 is 5.61. The van der Waals surface area contributed by atoms with Gasteiger partial charge < -0.3 is 4.74 Å². The minimum absolute atomic E-state index is 0.891. The first-order chi connectivity index (χ1) is 13.3. The number of benzene rings is 2. The van der Waals surface area contributed by atoms with Crippen molar-refractivity contribution in [3.05, 3.63) is 65.2 Å². The SMILES string of the molecule is CCCCOCCCCc1ccc(C=Nc2ccc(CCCC)cc2)cc1. The van der Waals surface area contributed by atoms with Gasteiger partial charge in [-0.25, -0.2) is 0 Å². The summed E-state index contributed by atoms with van der Waals surface area (Å²) in [6.45, 7) is 6.23. The van der Waals surface area contributed by atoms with E-state index < -0.39 is 0 Å². The Morgan fingerprint density at radius 3 is 1.96 bits per heavy atom. The zero-order valence-corrected chi connectivity index (χ0v) is 17.1. The summed E-state index contributed by atoms with van der Waals surface area (Å²) in [6, 6.07) is 17.4. The fourth-order valence-electron chi connectivity index (χ4n) is 2.93. The van der Waals surface area contributed by atoms with Gasteiger partial charge in [-0.2, -0.15) is 0 Å². The van der Waals surface area contributed by atoms with Crippen LogP contribution in [0, 0.1) is 0 Å². The second kappa shape index (κ2) is 13.3. The van der Waals surface area contributed by atoms with Crippen molar-refractivity contribution in [1.29, 1.82) is 0 Å². The lowest BCUT2D eigenvalue weighted by molar-refractivity contribution is 0.127. The van der Waals surface area contributed by atoms with Gasteiger partial charge in [0.25, 0.3) is 0 Å². The number of hydrogen-bond donors (Lipinski definition) is 0. The van der Waals surface area contributed by atoms with Crippen molar-refractivity contribution < 1.29 is 4.74 Å². The van der Waals surface area contributed by atoms with Gasteiger partial charge in [0.2, 0.25) is 0 Å². The highest BCUT2D eigenvalue weighted by molar-refractivity contribution is 5.81. The van der Waals surface area contributed by atoms with Crippen LogP contribution in [0.4, 0.5) is 5.69 Å². The van der Waals surface area contributed by atoms with Crippen LogP contribution in [0.1, 0.15) is 69.1 Å². The highest BCUT2D eigenvalue weighted by atomic mass is 16.5. The second-order valence-electron chi connectivity index (χ2n) is 7.19. The molecule has 0 saturated heterocycles. The van der Waals surface area contributed by atoms with Crippen LogP contribution in [0.2, 0.25) is 0 Å². The molecule has 0 atom stereocenters. The standard InChI is InChI=1S/C25H35NO/c1-3-5-9-22-15-17-25(18-16-22)26-21-24-13-11-23(12-14-24)10-7-8-20-27-19-6-4-2/h11-18,21H,3-10,19-20H2,1-2H3. The van der Waals surface area contributed by atoms with Crippen molar-refractivity contribution in [2.45, 2.75) is 65.2 Å². The maximum atomic E-state index is 5.61. The summed E-state index contributed by atoms with van der Waals surface area (Å²) in [7, 11) is 0. The van der Waals surface area contributed by atoms with E-state index in [0.29, 0.717) is 0 Å². The van der Waals surface area contributed by atoms with Crippen LogP contribution in [0.3, 0.4) is 0 Å². The van der Waals surface area contributed by atoms with Crippen molar-refractivity contribution in [3.63, 3.8) is 0 Å². The molecule has 0 saturated carbocycles. The van der Waals surface area contributed by atoms with Crippen LogP contribution >= 0.6 is 0 Å². The highest BCUT2D eigenvalue weighted by Gasteiger charge is 1.96. The van der Waals surface area contributed by atoms with Crippen molar-refractivity contribution in [2.24, 2.45) is 4.99 Å². The first kappa shape index (κ1) is 21.4. The Kier molecular flexibility index (Phi) is 10.5. The minimum atomic E-state index is 0.891. The molecule has 0 spiro atoms. The molecule has 0 radical (unpaired) electrons. The number of unbranched alkanes of at least 4 members (excludes halogenated alkanes) is 3. The first-order valence-electron chi connectivity index (χ1n) is 10.6. The average Bonchev–Trinajstić information content (AvgIpc) is 2.71. The zero-order valence-electron chi connectivity index (χ0n) is 17.1. The molecule has 0 N–H and O–H groups in total. The predicted octanol–water partition coefficient (Wildman–Crippen LogP) is 6.92. The van der Waals surface area contributed by atoms with E-state index in [2.05, 4.69) is 67.4 Å². The molecule has 2 heteroatoms. The maximum absolute atomic E-state index is 5.61. The summed E-state index contributed by atoms with van der Waals surface area (Å²) in [6.07, 6.45) is 11.4. The fourth-order valence-corrected chi connectivity index (χ4v) is 2.93. The van der Waals surface area contributed by atoms with Gasteiger partial charge in [0.1, 0.15) is 0 Å². The topological polar surface area (TPSA) is 21.6 Å². The summed E-state index contributed by atoms with van der Waals surface area (Å²) in [4.78, 5) is 4.60. The smallest absolute Gasteiger partial charge is 0.0630 e. The van der Waals surface area contributed by atoms with Crippen LogP contribution in [0.25, 0.3) is 0 Å². The van der Waals surface area contributed by atoms with Gasteiger partial charge in [0, 0.05) is 19.4 Å². The quantitative estimate of drug-likeness (QED) is 0.279. The van der Waals surface area contributed by atoms with Gasteiger partial charge in [-0.15, -0.1) is 0 Å². The van der Waals surface area contributed by atoms with E-state index in [1.54, 1.807) is 0 Å². The summed E-state index contributed by atoms with van der Waals surface area (Å²) >= 11 is 0. The molecule has 146 valence electrons. The number of aliphatic imine (C=N–C) groups is 1. The molecule has 0 aliphatic rings. The number of nitrogens with zero attached hydrogens (tertiary/aromatic N) is 1. The molecule has 27 heavy (non-hydrogen) atoms. The Balaban J connectivity index is 1.72. The maximum Gasteiger partial charge on any atom is 0.0630 e. The molecule has 2 nitrogen and oxygen atoms in total. The van der Waals surface area contributed by atoms with Crippen LogP contribution < -0.4 is 0 Å². The molecule has 0 bridgehead atoms. The van der Waals surface area contributed by atoms with Gasteiger partial charge in [0.15, 0.2) is 0 Å². The van der Waals surface area contributed by atoms with Crippen LogP contribution in [-0.4, -0.2) is 19.4 Å². The van der Waals surface area contributed by atoms with Gasteiger partial charge in [-0.1, -0.05) is 63.1 Å². The van der Waals surface area contributed by atoms with Crippen molar-refractivity contribution in [3.8, 4) is 0 Å². The number of aryl methyl sites for hydroxylation is 2. The number of ether oxygens (including phenoxy) is 1. The van der Waals surface area contributed by atoms with Crippen LogP contribution in [0.5, 0.6) is 0 Å². The molecular weight excluding hydrogens is 330 g/mol. The lowest BCUT2D eigenvalue weighted by Gasteiger charge is -2.04. The van der Waals surface area contributed by atoms with Gasteiger partial charge in [-0.05, 0) is 67.3 Å². The van der Waals surface area contributed by atoms with E-state index in [0.717, 1.165) is 43.7 Å². The largest absolute Gasteiger partial charge is 0.381 e. The Bertz CT molecular complexity index is 643. The highest BCUT2D eigenvalue weighted by Crippen LogP contribution is 2.15. The van der Waals surface area contributed by atoms with E-state index in [4.69, 9.17) is 4.74 Å². The zero-order chi connectivity index (χ0) is 19.2. The molecular formula is C25H35NO. The molecule has 0 amide bonds. The third-order valence-corrected chi connectivity index (χ3v) is 4.74. The molecule has 0 heterocycles. The van der Waals surface area contributed by atoms with Crippen LogP contribution in [0.15, 0.2) is 53.5 Å². The Hall–Kier alpha value is -1.93. The molecule has 2 aromatic rings. The third-order valence-electron chi connectivity index (χ3n) is 4.74. The lowest BCUT2D eigenvalue weighted by atomic mass is 10.1. The molecule has 0 aliphatic carbocycles. The average molecular weight is 366 g/mol. The Morgan fingerprint density at radius 1 is 0.704 bits per heavy atom. The van der Waals surface area contributed by atoms with E-state index in [1.165, 1.54) is 43.2 Å². The minimum Gasteiger partial charge on any atom is -0.381 e. The summed E-state index contributed by atoms with van der Waals surface area (Å²) in [5.74, 6) is 0. The van der Waals surface area contributed by atoms with Crippen molar-refractivity contribution in [2.75, 3.05) is 13.2 Å². The Morgan fingerprint density at radius 2 is 1.30 bits per heavy atom. The van der Waals surface area contributed by atoms with Gasteiger partial charge in [-0.3, -0.25) is 4.99 Å². The van der Waals surface area contributed by atoms with Crippen LogP contribution in [-0.2, 0) is 17.6 Å².